The van der Waals surface area contributed by atoms with Crippen LogP contribution in [0.15, 0.2) is 52.0 Å². The van der Waals surface area contributed by atoms with E-state index < -0.39 is 17.6 Å². The first-order valence-corrected chi connectivity index (χ1v) is 9.18. The van der Waals surface area contributed by atoms with Crippen molar-refractivity contribution in [3.8, 4) is 5.75 Å². The zero-order valence-electron chi connectivity index (χ0n) is 15.6. The Kier molecular flexibility index (Phi) is 6.87. The van der Waals surface area contributed by atoms with Gasteiger partial charge in [-0.3, -0.25) is 4.79 Å². The monoisotopic (exact) mass is 456 g/mol. The Morgan fingerprint density at radius 2 is 1.86 bits per heavy atom. The largest absolute Gasteiger partial charge is 0.483 e. The maximum absolute atomic E-state index is 12.7. The van der Waals surface area contributed by atoms with Crippen molar-refractivity contribution >= 4 is 28.1 Å². The van der Waals surface area contributed by atoms with Gasteiger partial charge >= 0.3 is 6.18 Å². The van der Waals surface area contributed by atoms with Crippen molar-refractivity contribution in [1.82, 2.24) is 5.43 Å². The molecule has 150 valence electrons. The van der Waals surface area contributed by atoms with Gasteiger partial charge in [0.1, 0.15) is 5.75 Å². The second-order valence-electron chi connectivity index (χ2n) is 7.10. The van der Waals surface area contributed by atoms with Crippen LogP contribution in [0.2, 0.25) is 0 Å². The van der Waals surface area contributed by atoms with Crippen molar-refractivity contribution in [3.05, 3.63) is 63.6 Å². The van der Waals surface area contributed by atoms with Crippen molar-refractivity contribution < 1.29 is 22.7 Å². The van der Waals surface area contributed by atoms with Crippen LogP contribution in [0.25, 0.3) is 0 Å². The SMILES string of the molecule is CC(C)(C)c1ccc(OCC(=O)NN=Cc2cccc(C(F)(F)F)c2)c(Br)c1. The Morgan fingerprint density at radius 3 is 2.46 bits per heavy atom. The van der Waals surface area contributed by atoms with Crippen molar-refractivity contribution in [3.63, 3.8) is 0 Å². The summed E-state index contributed by atoms with van der Waals surface area (Å²) < 4.78 is 44.2. The summed E-state index contributed by atoms with van der Waals surface area (Å²) in [7, 11) is 0. The van der Waals surface area contributed by atoms with Gasteiger partial charge in [0.15, 0.2) is 6.61 Å². The Labute approximate surface area is 169 Å². The van der Waals surface area contributed by atoms with Crippen molar-refractivity contribution in [2.75, 3.05) is 6.61 Å². The molecule has 2 rings (SSSR count). The molecule has 1 N–H and O–H groups in total. The number of nitrogens with one attached hydrogen (secondary N) is 1. The number of hydrazone groups is 1. The van der Waals surface area contributed by atoms with E-state index in [0.717, 1.165) is 28.4 Å². The van der Waals surface area contributed by atoms with E-state index in [1.165, 1.54) is 12.1 Å². The van der Waals surface area contributed by atoms with Gasteiger partial charge in [-0.05, 0) is 56.7 Å². The number of halogens is 4. The predicted octanol–water partition coefficient (Wildman–Crippen LogP) is 5.29. The zero-order chi connectivity index (χ0) is 20.9. The van der Waals surface area contributed by atoms with Crippen LogP contribution >= 0.6 is 15.9 Å². The van der Waals surface area contributed by atoms with Gasteiger partial charge in [-0.1, -0.05) is 39.0 Å². The van der Waals surface area contributed by atoms with Crippen LogP contribution in [0.5, 0.6) is 5.75 Å². The minimum Gasteiger partial charge on any atom is -0.483 e. The van der Waals surface area contributed by atoms with Gasteiger partial charge in [0.05, 0.1) is 16.3 Å². The van der Waals surface area contributed by atoms with Crippen LogP contribution in [0.3, 0.4) is 0 Å². The Morgan fingerprint density at radius 1 is 1.14 bits per heavy atom. The molecule has 0 spiro atoms. The molecule has 0 atom stereocenters. The van der Waals surface area contributed by atoms with Gasteiger partial charge in [-0.15, -0.1) is 0 Å². The van der Waals surface area contributed by atoms with E-state index in [0.29, 0.717) is 5.75 Å². The summed E-state index contributed by atoms with van der Waals surface area (Å²) in [4.78, 5) is 11.8. The van der Waals surface area contributed by atoms with Crippen LogP contribution in [0, 0.1) is 0 Å². The number of ether oxygens (including phenoxy) is 1. The molecule has 0 fully saturated rings. The van der Waals surface area contributed by atoms with E-state index >= 15 is 0 Å². The van der Waals surface area contributed by atoms with Gasteiger partial charge in [0, 0.05) is 0 Å². The van der Waals surface area contributed by atoms with Crippen LogP contribution in [0.1, 0.15) is 37.5 Å². The highest BCUT2D eigenvalue weighted by Gasteiger charge is 2.30. The Balaban J connectivity index is 1.91. The van der Waals surface area contributed by atoms with Gasteiger partial charge in [0.2, 0.25) is 0 Å². The highest BCUT2D eigenvalue weighted by atomic mass is 79.9. The minimum atomic E-state index is -4.43. The fourth-order valence-corrected chi connectivity index (χ4v) is 2.73. The summed E-state index contributed by atoms with van der Waals surface area (Å²) in [5.41, 5.74) is 2.76. The standard InChI is InChI=1S/C20H20BrF3N2O2/c1-19(2,3)14-7-8-17(16(21)10-14)28-12-18(27)26-25-11-13-5-4-6-15(9-13)20(22,23)24/h4-11H,12H2,1-3H3,(H,26,27). The zero-order valence-corrected chi connectivity index (χ0v) is 17.2. The van der Waals surface area contributed by atoms with Crippen LogP contribution in [-0.4, -0.2) is 18.7 Å². The average Bonchev–Trinajstić information content (AvgIpc) is 2.59. The van der Waals surface area contributed by atoms with Crippen LogP contribution < -0.4 is 10.2 Å². The molecule has 0 aliphatic rings. The highest BCUT2D eigenvalue weighted by molar-refractivity contribution is 9.10. The van der Waals surface area contributed by atoms with Gasteiger partial charge in [-0.25, -0.2) is 5.43 Å². The van der Waals surface area contributed by atoms with Gasteiger partial charge < -0.3 is 4.74 Å². The molecule has 4 nitrogen and oxygen atoms in total. The lowest BCUT2D eigenvalue weighted by Gasteiger charge is -2.20. The third-order valence-electron chi connectivity index (χ3n) is 3.77. The van der Waals surface area contributed by atoms with E-state index in [-0.39, 0.29) is 17.6 Å². The molecular formula is C20H20BrF3N2O2. The smallest absolute Gasteiger partial charge is 0.416 e. The molecule has 0 aliphatic carbocycles. The van der Waals surface area contributed by atoms with Crippen molar-refractivity contribution in [2.45, 2.75) is 32.4 Å². The second kappa shape index (κ2) is 8.77. The summed E-state index contributed by atoms with van der Waals surface area (Å²) in [6, 6.07) is 10.3. The number of nitrogens with zero attached hydrogens (tertiary/aromatic N) is 1. The maximum Gasteiger partial charge on any atom is 0.416 e. The predicted molar refractivity (Wildman–Crippen MR) is 106 cm³/mol. The van der Waals surface area contributed by atoms with Crippen molar-refractivity contribution in [2.24, 2.45) is 5.10 Å². The summed E-state index contributed by atoms with van der Waals surface area (Å²) in [6.45, 7) is 5.98. The molecule has 2 aromatic rings. The van der Waals surface area contributed by atoms with E-state index in [1.54, 1.807) is 6.07 Å². The number of hydrogen-bond acceptors (Lipinski definition) is 3. The Hall–Kier alpha value is -2.35. The number of alkyl halides is 3. The van der Waals surface area contributed by atoms with E-state index in [2.05, 4.69) is 47.2 Å². The van der Waals surface area contributed by atoms with E-state index in [4.69, 9.17) is 4.74 Å². The third kappa shape index (κ3) is 6.37. The normalized spacial score (nSPS) is 12.2. The van der Waals surface area contributed by atoms with E-state index in [9.17, 15) is 18.0 Å². The summed E-state index contributed by atoms with van der Waals surface area (Å²) >= 11 is 3.42. The van der Waals surface area contributed by atoms with E-state index in [1.807, 2.05) is 12.1 Å². The summed E-state index contributed by atoms with van der Waals surface area (Å²) in [5, 5.41) is 3.66. The highest BCUT2D eigenvalue weighted by Crippen LogP contribution is 2.31. The number of hydrogen-bond donors (Lipinski definition) is 1. The molecule has 1 amide bonds. The fourth-order valence-electron chi connectivity index (χ4n) is 2.23. The fraction of sp³-hybridized carbons (Fsp3) is 0.300. The molecule has 0 bridgehead atoms. The molecule has 2 aromatic carbocycles. The maximum atomic E-state index is 12.7. The molecule has 0 aromatic heterocycles. The molecule has 0 unspecified atom stereocenters. The van der Waals surface area contributed by atoms with Crippen LogP contribution in [0.4, 0.5) is 13.2 Å². The van der Waals surface area contributed by atoms with Crippen LogP contribution in [-0.2, 0) is 16.4 Å². The summed E-state index contributed by atoms with van der Waals surface area (Å²) in [5.74, 6) is -0.0277. The topological polar surface area (TPSA) is 50.7 Å². The summed E-state index contributed by atoms with van der Waals surface area (Å²) in [6.07, 6.45) is -3.29. The molecule has 0 radical (unpaired) electrons. The Bertz CT molecular complexity index is 874. The third-order valence-corrected chi connectivity index (χ3v) is 4.39. The molecular weight excluding hydrogens is 437 g/mol. The number of benzene rings is 2. The number of rotatable bonds is 5. The molecule has 0 aliphatic heterocycles. The second-order valence-corrected chi connectivity index (χ2v) is 7.95. The quantitative estimate of drug-likeness (QED) is 0.490. The molecule has 0 saturated heterocycles. The number of carbonyl (C=O) groups excluding carboxylic acids is 1. The lowest BCUT2D eigenvalue weighted by molar-refractivity contribution is -0.137. The number of amides is 1. The first-order chi connectivity index (χ1) is 13.0. The minimum absolute atomic E-state index is 0.0173. The first-order valence-electron chi connectivity index (χ1n) is 8.39. The van der Waals surface area contributed by atoms with Gasteiger partial charge in [-0.2, -0.15) is 18.3 Å². The lowest BCUT2D eigenvalue weighted by atomic mass is 9.87. The molecule has 8 heteroatoms. The number of carbonyl (C=O) groups is 1. The van der Waals surface area contributed by atoms with Crippen molar-refractivity contribution in [1.29, 1.82) is 0 Å². The lowest BCUT2D eigenvalue weighted by Crippen LogP contribution is -2.24. The first kappa shape index (κ1) is 21.9. The van der Waals surface area contributed by atoms with Gasteiger partial charge in [0.25, 0.3) is 5.91 Å². The molecule has 0 heterocycles. The molecule has 28 heavy (non-hydrogen) atoms. The average molecular weight is 457 g/mol. The molecule has 0 saturated carbocycles.